The minimum Gasteiger partial charge on any atom is -0.377 e. The first-order chi connectivity index (χ1) is 13.7. The predicted molar refractivity (Wildman–Crippen MR) is 112 cm³/mol. The molecule has 2 aliphatic heterocycles. The number of anilines is 1. The van der Waals surface area contributed by atoms with Gasteiger partial charge in [0.05, 0.1) is 11.1 Å². The number of fused-ring (bicyclic) bond motifs is 2. The van der Waals surface area contributed by atoms with E-state index in [1.54, 1.807) is 6.20 Å². The molecule has 4 fully saturated rings. The Morgan fingerprint density at radius 1 is 1.32 bits per heavy atom. The summed E-state index contributed by atoms with van der Waals surface area (Å²) in [5.41, 5.74) is 0.335. The Kier molecular flexibility index (Phi) is 4.87. The zero-order chi connectivity index (χ0) is 19.1. The van der Waals surface area contributed by atoms with E-state index in [4.69, 9.17) is 16.3 Å². The summed E-state index contributed by atoms with van der Waals surface area (Å²) >= 11 is 6.33. The normalized spacial score (nSPS) is 33.8. The number of rotatable bonds is 3. The van der Waals surface area contributed by atoms with Gasteiger partial charge in [-0.1, -0.05) is 24.4 Å². The zero-order valence-corrected chi connectivity index (χ0v) is 17.3. The van der Waals surface area contributed by atoms with Gasteiger partial charge in [0.25, 0.3) is 0 Å². The molecule has 2 saturated heterocycles. The van der Waals surface area contributed by atoms with E-state index in [0.717, 1.165) is 42.9 Å². The third kappa shape index (κ3) is 2.96. The molecular weight excluding hydrogens is 374 g/mol. The fourth-order valence-corrected chi connectivity index (χ4v) is 6.34. The molecule has 0 bridgehead atoms. The Balaban J connectivity index is 1.22. The lowest BCUT2D eigenvalue weighted by Crippen LogP contribution is -2.69. The van der Waals surface area contributed by atoms with Crippen LogP contribution in [0.5, 0.6) is 0 Å². The number of hydrogen-bond donors (Lipinski definition) is 2. The summed E-state index contributed by atoms with van der Waals surface area (Å²) in [4.78, 5) is 11.3. The van der Waals surface area contributed by atoms with Crippen LogP contribution in [0.2, 0.25) is 5.02 Å². The fourth-order valence-electron chi connectivity index (χ4n) is 6.10. The molecule has 7 heteroatoms. The van der Waals surface area contributed by atoms with E-state index in [1.807, 2.05) is 19.2 Å². The molecule has 0 amide bonds. The highest BCUT2D eigenvalue weighted by molar-refractivity contribution is 6.32. The molecular formula is C21H30ClN5O. The fraction of sp³-hybridized carbons (Fsp3) is 0.714. The minimum atomic E-state index is 0.335. The molecule has 4 unspecified atom stereocenters. The van der Waals surface area contributed by atoms with E-state index in [1.165, 1.54) is 32.1 Å². The summed E-state index contributed by atoms with van der Waals surface area (Å²) in [6.07, 6.45) is 9.75. The average Bonchev–Trinajstić information content (AvgIpc) is 3.45. The van der Waals surface area contributed by atoms with Crippen molar-refractivity contribution in [2.45, 2.75) is 56.7 Å². The highest BCUT2D eigenvalue weighted by Gasteiger charge is 2.65. The number of pyridine rings is 1. The lowest BCUT2D eigenvalue weighted by atomic mass is 9.54. The maximum Gasteiger partial charge on any atom is 0.191 e. The van der Waals surface area contributed by atoms with Gasteiger partial charge < -0.3 is 20.3 Å². The summed E-state index contributed by atoms with van der Waals surface area (Å²) in [6, 6.07) is 4.62. The van der Waals surface area contributed by atoms with E-state index in [0.29, 0.717) is 29.5 Å². The van der Waals surface area contributed by atoms with E-state index < -0.39 is 0 Å². The van der Waals surface area contributed by atoms with Gasteiger partial charge >= 0.3 is 0 Å². The highest BCUT2D eigenvalue weighted by atomic mass is 35.5. The smallest absolute Gasteiger partial charge is 0.191 e. The van der Waals surface area contributed by atoms with Gasteiger partial charge in [0.1, 0.15) is 5.82 Å². The first-order valence-electron chi connectivity index (χ1n) is 10.7. The molecule has 4 atom stereocenters. The number of guanidine groups is 1. The second-order valence-corrected chi connectivity index (χ2v) is 9.17. The van der Waals surface area contributed by atoms with Crippen LogP contribution in [0.1, 0.15) is 38.5 Å². The van der Waals surface area contributed by atoms with Crippen molar-refractivity contribution in [1.29, 1.82) is 0 Å². The number of nitrogens with one attached hydrogen (secondary N) is 2. The first-order valence-corrected chi connectivity index (χ1v) is 11.1. The largest absolute Gasteiger partial charge is 0.377 e. The standard InChI is InChI=1S/C21H30ClN5O/c1-23-20(25-14-6-11-27(13-14)19-16(22)5-4-10-24-19)26-17-15-7-12-28-18(15)21(17)8-2-3-9-21/h4-5,10,14-15,17-18H,2-3,6-9,11-13H2,1H3,(H2,23,25,26). The first kappa shape index (κ1) is 18.5. The third-order valence-corrected chi connectivity index (χ3v) is 7.66. The van der Waals surface area contributed by atoms with Crippen molar-refractivity contribution in [1.82, 2.24) is 15.6 Å². The van der Waals surface area contributed by atoms with E-state index in [2.05, 4.69) is 25.5 Å². The lowest BCUT2D eigenvalue weighted by Gasteiger charge is -2.57. The van der Waals surface area contributed by atoms with Crippen molar-refractivity contribution in [2.24, 2.45) is 16.3 Å². The maximum absolute atomic E-state index is 6.33. The van der Waals surface area contributed by atoms with Gasteiger partial charge in [-0.25, -0.2) is 4.98 Å². The van der Waals surface area contributed by atoms with Crippen molar-refractivity contribution >= 4 is 23.4 Å². The molecule has 152 valence electrons. The van der Waals surface area contributed by atoms with E-state index >= 15 is 0 Å². The second-order valence-electron chi connectivity index (χ2n) is 8.76. The predicted octanol–water partition coefficient (Wildman–Crippen LogP) is 2.83. The lowest BCUT2D eigenvalue weighted by molar-refractivity contribution is -0.125. The van der Waals surface area contributed by atoms with E-state index in [-0.39, 0.29) is 0 Å². The number of aromatic nitrogens is 1. The number of aliphatic imine (C=N–C) groups is 1. The SMILES string of the molecule is CN=C(NC1CCN(c2ncccc2Cl)C1)NC1C2CCOC2C12CCCC2. The number of hydrogen-bond acceptors (Lipinski definition) is 4. The summed E-state index contributed by atoms with van der Waals surface area (Å²) < 4.78 is 6.12. The van der Waals surface area contributed by atoms with Crippen molar-refractivity contribution in [2.75, 3.05) is 31.6 Å². The van der Waals surface area contributed by atoms with Gasteiger partial charge in [-0.3, -0.25) is 4.99 Å². The molecule has 4 aliphatic rings. The van der Waals surface area contributed by atoms with Crippen molar-refractivity contribution in [3.05, 3.63) is 23.4 Å². The van der Waals surface area contributed by atoms with Crippen LogP contribution < -0.4 is 15.5 Å². The zero-order valence-electron chi connectivity index (χ0n) is 16.5. The summed E-state index contributed by atoms with van der Waals surface area (Å²) in [5, 5.41) is 8.17. The van der Waals surface area contributed by atoms with Gasteiger partial charge in [-0.05, 0) is 37.8 Å². The maximum atomic E-state index is 6.33. The molecule has 1 aromatic rings. The molecule has 2 saturated carbocycles. The summed E-state index contributed by atoms with van der Waals surface area (Å²) in [5.74, 6) is 2.45. The van der Waals surface area contributed by atoms with Crippen LogP contribution in [0.15, 0.2) is 23.3 Å². The molecule has 2 aliphatic carbocycles. The van der Waals surface area contributed by atoms with Gasteiger partial charge in [0.15, 0.2) is 5.96 Å². The van der Waals surface area contributed by atoms with Crippen molar-refractivity contribution < 1.29 is 4.74 Å². The minimum absolute atomic E-state index is 0.335. The van der Waals surface area contributed by atoms with Gasteiger partial charge in [-0.2, -0.15) is 0 Å². The van der Waals surface area contributed by atoms with Crippen LogP contribution in [-0.2, 0) is 4.74 Å². The topological polar surface area (TPSA) is 61.8 Å². The molecule has 6 nitrogen and oxygen atoms in total. The van der Waals surface area contributed by atoms with Crippen LogP contribution in [0.25, 0.3) is 0 Å². The molecule has 28 heavy (non-hydrogen) atoms. The third-order valence-electron chi connectivity index (χ3n) is 7.37. The number of nitrogens with zero attached hydrogens (tertiary/aromatic N) is 3. The molecule has 3 heterocycles. The highest BCUT2D eigenvalue weighted by Crippen LogP contribution is 2.60. The summed E-state index contributed by atoms with van der Waals surface area (Å²) in [6.45, 7) is 2.77. The Labute approximate surface area is 172 Å². The van der Waals surface area contributed by atoms with Gasteiger partial charge in [0.2, 0.25) is 0 Å². The van der Waals surface area contributed by atoms with Crippen molar-refractivity contribution in [3.8, 4) is 0 Å². The van der Waals surface area contributed by atoms with Crippen LogP contribution in [0, 0.1) is 11.3 Å². The number of halogens is 1. The van der Waals surface area contributed by atoms with Crippen molar-refractivity contribution in [3.63, 3.8) is 0 Å². The van der Waals surface area contributed by atoms with Gasteiger partial charge in [0, 0.05) is 56.4 Å². The van der Waals surface area contributed by atoms with E-state index in [9.17, 15) is 0 Å². The number of ether oxygens (including phenoxy) is 1. The molecule has 1 aromatic heterocycles. The Bertz CT molecular complexity index is 750. The molecule has 5 rings (SSSR count). The van der Waals surface area contributed by atoms with Crippen LogP contribution in [0.3, 0.4) is 0 Å². The summed E-state index contributed by atoms with van der Waals surface area (Å²) in [7, 11) is 1.88. The quantitative estimate of drug-likeness (QED) is 0.600. The van der Waals surface area contributed by atoms with Crippen LogP contribution in [0.4, 0.5) is 5.82 Å². The monoisotopic (exact) mass is 403 g/mol. The van der Waals surface area contributed by atoms with Gasteiger partial charge in [-0.15, -0.1) is 0 Å². The molecule has 0 radical (unpaired) electrons. The van der Waals surface area contributed by atoms with Crippen LogP contribution in [-0.4, -0.2) is 55.9 Å². The Morgan fingerprint density at radius 2 is 2.18 bits per heavy atom. The Hall–Kier alpha value is -1.53. The molecule has 0 aromatic carbocycles. The second kappa shape index (κ2) is 7.38. The van der Waals surface area contributed by atoms with Crippen LogP contribution >= 0.6 is 11.6 Å². The Morgan fingerprint density at radius 3 is 2.96 bits per heavy atom. The average molecular weight is 404 g/mol. The molecule has 1 spiro atoms. The molecule has 2 N–H and O–H groups in total.